The van der Waals surface area contributed by atoms with E-state index in [2.05, 4.69) is 34.1 Å². The molecule has 40 heavy (non-hydrogen) atoms. The van der Waals surface area contributed by atoms with E-state index >= 15 is 8.78 Å². The second kappa shape index (κ2) is 10.5. The summed E-state index contributed by atoms with van der Waals surface area (Å²) in [4.78, 5) is 8.94. The zero-order valence-electron chi connectivity index (χ0n) is 22.3. The highest BCUT2D eigenvalue weighted by Gasteiger charge is 2.36. The first-order valence-corrected chi connectivity index (χ1v) is 13.5. The van der Waals surface area contributed by atoms with Crippen molar-refractivity contribution in [3.63, 3.8) is 0 Å². The van der Waals surface area contributed by atoms with Crippen LogP contribution in [0.1, 0.15) is 61.0 Å². The normalized spacial score (nSPS) is 20.7. The van der Waals surface area contributed by atoms with E-state index in [1.54, 1.807) is 29.0 Å². The van der Waals surface area contributed by atoms with Gasteiger partial charge in [0.1, 0.15) is 17.5 Å². The Balaban J connectivity index is 1.35. The van der Waals surface area contributed by atoms with Crippen molar-refractivity contribution in [2.45, 2.75) is 56.4 Å². The monoisotopic (exact) mass is 540 g/mol. The first-order chi connectivity index (χ1) is 19.4. The average molecular weight is 541 g/mol. The molecule has 4 aromatic rings. The van der Waals surface area contributed by atoms with E-state index in [4.69, 9.17) is 10.5 Å². The van der Waals surface area contributed by atoms with Gasteiger partial charge in [0.05, 0.1) is 34.5 Å². The smallest absolute Gasteiger partial charge is 0.135 e. The quantitative estimate of drug-likeness (QED) is 0.341. The molecule has 0 radical (unpaired) electrons. The zero-order chi connectivity index (χ0) is 27.9. The largest absolute Gasteiger partial charge is 0.381 e. The summed E-state index contributed by atoms with van der Waals surface area (Å²) in [7, 11) is 0. The van der Waals surface area contributed by atoms with Gasteiger partial charge in [0.15, 0.2) is 0 Å². The van der Waals surface area contributed by atoms with Gasteiger partial charge in [-0.3, -0.25) is 4.98 Å². The molecule has 6 rings (SSSR count). The Labute approximate surface area is 231 Å². The van der Waals surface area contributed by atoms with Gasteiger partial charge in [-0.1, -0.05) is 11.6 Å². The predicted octanol–water partition coefficient (Wildman–Crippen LogP) is 5.38. The van der Waals surface area contributed by atoms with Crippen molar-refractivity contribution < 1.29 is 13.5 Å². The molecule has 1 saturated heterocycles. The van der Waals surface area contributed by atoms with Crippen LogP contribution in [0.5, 0.6) is 0 Å². The molecule has 7 nitrogen and oxygen atoms in total. The van der Waals surface area contributed by atoms with E-state index in [-0.39, 0.29) is 23.2 Å². The lowest BCUT2D eigenvalue weighted by Crippen LogP contribution is -2.32. The summed E-state index contributed by atoms with van der Waals surface area (Å²) in [6.45, 7) is 2.86. The maximum absolute atomic E-state index is 15.5. The van der Waals surface area contributed by atoms with Crippen LogP contribution in [0.3, 0.4) is 0 Å². The maximum Gasteiger partial charge on any atom is 0.135 e. The Morgan fingerprint density at radius 1 is 1.15 bits per heavy atom. The SMILES string of the molecule is CC1=C[C@H](N)C[C@H](c2ccncc2Cc2ncc3ccc(-c4c(F)cc(C5(C#N)CCOCC5)cc4F)nn23)C1. The first kappa shape index (κ1) is 26.2. The second-order valence-electron chi connectivity index (χ2n) is 10.9. The second-order valence-corrected chi connectivity index (χ2v) is 10.9. The third kappa shape index (κ3) is 4.78. The fourth-order valence-electron chi connectivity index (χ4n) is 6.16. The molecule has 1 fully saturated rings. The Morgan fingerprint density at radius 2 is 1.93 bits per heavy atom. The number of fused-ring (bicyclic) bond motifs is 1. The van der Waals surface area contributed by atoms with Gasteiger partial charge in [-0.15, -0.1) is 0 Å². The van der Waals surface area contributed by atoms with Crippen LogP contribution in [-0.2, 0) is 16.6 Å². The molecule has 0 unspecified atom stereocenters. The van der Waals surface area contributed by atoms with Gasteiger partial charge in [-0.2, -0.15) is 10.4 Å². The van der Waals surface area contributed by atoms with Crippen LogP contribution < -0.4 is 5.73 Å². The summed E-state index contributed by atoms with van der Waals surface area (Å²) in [6, 6.07) is 10.2. The van der Waals surface area contributed by atoms with E-state index < -0.39 is 17.0 Å². The average Bonchev–Trinajstić information content (AvgIpc) is 3.34. The van der Waals surface area contributed by atoms with Crippen molar-refractivity contribution in [1.82, 2.24) is 19.6 Å². The number of hydrogen-bond donors (Lipinski definition) is 1. The van der Waals surface area contributed by atoms with Crippen LogP contribution in [0.25, 0.3) is 16.8 Å². The molecule has 3 aromatic heterocycles. The number of ether oxygens (including phenoxy) is 1. The van der Waals surface area contributed by atoms with Gasteiger partial charge in [0.25, 0.3) is 0 Å². The van der Waals surface area contributed by atoms with E-state index in [1.807, 2.05) is 12.3 Å². The number of nitriles is 1. The van der Waals surface area contributed by atoms with Crippen molar-refractivity contribution in [3.05, 3.63) is 94.7 Å². The summed E-state index contributed by atoms with van der Waals surface area (Å²) in [5, 5.41) is 14.5. The predicted molar refractivity (Wildman–Crippen MR) is 146 cm³/mol. The van der Waals surface area contributed by atoms with Gasteiger partial charge in [-0.05, 0) is 85.5 Å². The summed E-state index contributed by atoms with van der Waals surface area (Å²) in [5.74, 6) is -0.587. The molecule has 1 aliphatic carbocycles. The summed E-state index contributed by atoms with van der Waals surface area (Å²) >= 11 is 0. The van der Waals surface area contributed by atoms with E-state index in [0.717, 1.165) is 18.4 Å². The Morgan fingerprint density at radius 3 is 2.65 bits per heavy atom. The molecule has 0 bridgehead atoms. The minimum atomic E-state index is -0.967. The molecule has 2 aliphatic rings. The molecular formula is C31H30F2N6O. The molecule has 1 aliphatic heterocycles. The van der Waals surface area contributed by atoms with Crippen LogP contribution in [0.15, 0.2) is 60.6 Å². The van der Waals surface area contributed by atoms with Gasteiger partial charge >= 0.3 is 0 Å². The first-order valence-electron chi connectivity index (χ1n) is 13.5. The van der Waals surface area contributed by atoms with Crippen LogP contribution in [-0.4, -0.2) is 38.8 Å². The summed E-state index contributed by atoms with van der Waals surface area (Å²) < 4.78 is 38.0. The number of hydrogen-bond acceptors (Lipinski definition) is 6. The molecule has 9 heteroatoms. The van der Waals surface area contributed by atoms with Crippen LogP contribution in [0.4, 0.5) is 8.78 Å². The molecule has 4 heterocycles. The number of benzene rings is 1. The van der Waals surface area contributed by atoms with Crippen molar-refractivity contribution in [2.24, 2.45) is 5.73 Å². The van der Waals surface area contributed by atoms with Crippen LogP contribution >= 0.6 is 0 Å². The minimum Gasteiger partial charge on any atom is -0.381 e. The maximum atomic E-state index is 15.5. The number of rotatable bonds is 5. The standard InChI is InChI=1S/C31H30F2N6O/c1-19-10-20(12-23(35)11-19)25-4-7-36-16-21(25)13-29-37-17-24-2-3-28(38-39(24)29)30-26(32)14-22(15-27(30)33)31(18-34)5-8-40-9-6-31/h2-4,7,11,14-17,20,23H,5-6,8-10,12-13,35H2,1H3/t20-,23+/m1/s1. The molecule has 2 atom stereocenters. The molecule has 0 saturated carbocycles. The minimum absolute atomic E-state index is 0.0157. The van der Waals surface area contributed by atoms with Crippen LogP contribution in [0.2, 0.25) is 0 Å². The number of nitrogens with zero attached hydrogens (tertiary/aromatic N) is 5. The number of pyridine rings is 1. The molecular weight excluding hydrogens is 510 g/mol. The Hall–Kier alpha value is -4.00. The third-order valence-electron chi connectivity index (χ3n) is 8.22. The summed E-state index contributed by atoms with van der Waals surface area (Å²) in [6.07, 6.45) is 10.5. The van der Waals surface area contributed by atoms with Gasteiger partial charge < -0.3 is 10.5 Å². The molecule has 2 N–H and O–H groups in total. The van der Waals surface area contributed by atoms with Crippen molar-refractivity contribution in [2.75, 3.05) is 13.2 Å². The zero-order valence-corrected chi connectivity index (χ0v) is 22.3. The van der Waals surface area contributed by atoms with Gasteiger partial charge in [-0.25, -0.2) is 18.3 Å². The fourth-order valence-corrected chi connectivity index (χ4v) is 6.16. The van der Waals surface area contributed by atoms with E-state index in [1.165, 1.54) is 23.3 Å². The van der Waals surface area contributed by atoms with Gasteiger partial charge in [0, 0.05) is 38.1 Å². The lowest BCUT2D eigenvalue weighted by Gasteiger charge is -2.31. The fraction of sp³-hybridized carbons (Fsp3) is 0.355. The molecule has 1 aromatic carbocycles. The van der Waals surface area contributed by atoms with E-state index in [0.29, 0.717) is 49.4 Å². The molecule has 0 spiro atoms. The Bertz CT molecular complexity index is 1630. The topological polar surface area (TPSA) is 102 Å². The highest BCUT2D eigenvalue weighted by atomic mass is 19.1. The summed E-state index contributed by atoms with van der Waals surface area (Å²) in [5.41, 5.74) is 9.75. The number of imidazole rings is 1. The van der Waals surface area contributed by atoms with Crippen molar-refractivity contribution in [3.8, 4) is 17.3 Å². The lowest BCUT2D eigenvalue weighted by atomic mass is 9.75. The lowest BCUT2D eigenvalue weighted by molar-refractivity contribution is 0.0674. The highest BCUT2D eigenvalue weighted by Crippen LogP contribution is 2.38. The van der Waals surface area contributed by atoms with Gasteiger partial charge in [0.2, 0.25) is 0 Å². The third-order valence-corrected chi connectivity index (χ3v) is 8.22. The number of halogens is 2. The highest BCUT2D eigenvalue weighted by molar-refractivity contribution is 5.64. The van der Waals surface area contributed by atoms with E-state index in [9.17, 15) is 5.26 Å². The number of nitrogens with two attached hydrogens (primary N) is 1. The van der Waals surface area contributed by atoms with Crippen molar-refractivity contribution >= 4 is 5.52 Å². The molecule has 204 valence electrons. The van der Waals surface area contributed by atoms with Crippen LogP contribution in [0, 0.1) is 23.0 Å². The molecule has 0 amide bonds. The van der Waals surface area contributed by atoms with Crippen molar-refractivity contribution in [1.29, 1.82) is 5.26 Å². The number of aromatic nitrogens is 4. The number of allylic oxidation sites excluding steroid dienone is 1. The Kier molecular flexibility index (Phi) is 6.90.